The lowest BCUT2D eigenvalue weighted by Gasteiger charge is -2.09. The summed E-state index contributed by atoms with van der Waals surface area (Å²) in [7, 11) is 3.08. The number of benzene rings is 2. The molecule has 0 bridgehead atoms. The van der Waals surface area contributed by atoms with Crippen molar-refractivity contribution in [1.29, 1.82) is 5.26 Å². The Morgan fingerprint density at radius 2 is 1.78 bits per heavy atom. The number of hydrogen-bond acceptors (Lipinski definition) is 5. The summed E-state index contributed by atoms with van der Waals surface area (Å²) < 4.78 is 11.6. The van der Waals surface area contributed by atoms with Gasteiger partial charge in [-0.05, 0) is 30.3 Å². The first kappa shape index (κ1) is 14.6. The van der Waals surface area contributed by atoms with Gasteiger partial charge in [0.25, 0.3) is 5.56 Å². The third-order valence-electron chi connectivity index (χ3n) is 3.54. The molecule has 23 heavy (non-hydrogen) atoms. The van der Waals surface area contributed by atoms with Crippen LogP contribution in [0.1, 0.15) is 5.56 Å². The van der Waals surface area contributed by atoms with E-state index in [-0.39, 0.29) is 16.5 Å². The first-order valence-electron chi connectivity index (χ1n) is 6.82. The zero-order valence-corrected chi connectivity index (χ0v) is 12.6. The van der Waals surface area contributed by atoms with Gasteiger partial charge < -0.3 is 9.47 Å². The minimum absolute atomic E-state index is 0.236. The summed E-state index contributed by atoms with van der Waals surface area (Å²) in [5.74, 6) is 1.18. The largest absolute Gasteiger partial charge is 0.497 e. The Morgan fingerprint density at radius 3 is 2.39 bits per heavy atom. The summed E-state index contributed by atoms with van der Waals surface area (Å²) in [5, 5.41) is 9.58. The van der Waals surface area contributed by atoms with Gasteiger partial charge in [-0.3, -0.25) is 9.36 Å². The van der Waals surface area contributed by atoms with Crippen molar-refractivity contribution in [3.05, 3.63) is 58.6 Å². The normalized spacial score (nSPS) is 10.3. The molecule has 3 aromatic rings. The monoisotopic (exact) mass is 307 g/mol. The molecular formula is C17H13N3O3. The molecule has 0 saturated carbocycles. The van der Waals surface area contributed by atoms with Crippen LogP contribution in [-0.4, -0.2) is 23.8 Å². The summed E-state index contributed by atoms with van der Waals surface area (Å²) >= 11 is 0. The second kappa shape index (κ2) is 5.81. The first-order chi connectivity index (χ1) is 11.2. The summed E-state index contributed by atoms with van der Waals surface area (Å²) in [6.45, 7) is 0. The van der Waals surface area contributed by atoms with E-state index in [1.54, 1.807) is 37.4 Å². The number of hydrogen-bond donors (Lipinski definition) is 0. The van der Waals surface area contributed by atoms with Gasteiger partial charge in [-0.25, -0.2) is 4.98 Å². The quantitative estimate of drug-likeness (QED) is 0.742. The zero-order chi connectivity index (χ0) is 16.4. The molecule has 0 saturated heterocycles. The lowest BCUT2D eigenvalue weighted by atomic mass is 10.1. The van der Waals surface area contributed by atoms with Crippen molar-refractivity contribution in [2.75, 3.05) is 14.2 Å². The van der Waals surface area contributed by atoms with Gasteiger partial charge in [0.15, 0.2) is 0 Å². The molecule has 0 atom stereocenters. The van der Waals surface area contributed by atoms with E-state index in [0.29, 0.717) is 22.7 Å². The van der Waals surface area contributed by atoms with Crippen molar-refractivity contribution in [3.8, 4) is 23.3 Å². The van der Waals surface area contributed by atoms with E-state index in [1.165, 1.54) is 24.1 Å². The second-order valence-electron chi connectivity index (χ2n) is 4.80. The lowest BCUT2D eigenvalue weighted by Crippen LogP contribution is -2.19. The Labute approximate surface area is 132 Å². The maximum absolute atomic E-state index is 12.8. The van der Waals surface area contributed by atoms with E-state index in [1.807, 2.05) is 6.07 Å². The number of fused-ring (bicyclic) bond motifs is 1. The molecule has 0 amide bonds. The van der Waals surface area contributed by atoms with Crippen LogP contribution in [0.3, 0.4) is 0 Å². The minimum Gasteiger partial charge on any atom is -0.497 e. The molecule has 1 heterocycles. The molecule has 0 radical (unpaired) electrons. The predicted molar refractivity (Wildman–Crippen MR) is 85.2 cm³/mol. The van der Waals surface area contributed by atoms with Gasteiger partial charge in [0.2, 0.25) is 0 Å². The van der Waals surface area contributed by atoms with E-state index in [0.717, 1.165) is 0 Å². The van der Waals surface area contributed by atoms with E-state index in [9.17, 15) is 10.1 Å². The van der Waals surface area contributed by atoms with Gasteiger partial charge in [0.05, 0.1) is 36.4 Å². The van der Waals surface area contributed by atoms with Crippen LogP contribution in [0.2, 0.25) is 0 Å². The molecular weight excluding hydrogens is 294 g/mol. The van der Waals surface area contributed by atoms with Crippen LogP contribution in [0.5, 0.6) is 11.5 Å². The van der Waals surface area contributed by atoms with E-state index >= 15 is 0 Å². The molecule has 0 aliphatic carbocycles. The van der Waals surface area contributed by atoms with Gasteiger partial charge >= 0.3 is 0 Å². The van der Waals surface area contributed by atoms with Crippen molar-refractivity contribution in [2.45, 2.75) is 0 Å². The Balaban J connectivity index is 2.26. The van der Waals surface area contributed by atoms with Gasteiger partial charge in [-0.15, -0.1) is 0 Å². The Kier molecular flexibility index (Phi) is 3.69. The maximum atomic E-state index is 12.8. The SMILES string of the molecule is COc1ccc(-n2cnc3cc(OC)cc(C#N)c3c2=O)cc1. The molecule has 1 aromatic heterocycles. The third-order valence-corrected chi connectivity index (χ3v) is 3.54. The fourth-order valence-corrected chi connectivity index (χ4v) is 2.35. The fraction of sp³-hybridized carbons (Fsp3) is 0.118. The molecule has 6 heteroatoms. The van der Waals surface area contributed by atoms with Gasteiger partial charge in [0.1, 0.15) is 23.9 Å². The highest BCUT2D eigenvalue weighted by atomic mass is 16.5. The highest BCUT2D eigenvalue weighted by molar-refractivity contribution is 5.85. The zero-order valence-electron chi connectivity index (χ0n) is 12.6. The first-order valence-corrected chi connectivity index (χ1v) is 6.82. The molecule has 2 aromatic carbocycles. The van der Waals surface area contributed by atoms with Crippen molar-refractivity contribution in [1.82, 2.24) is 9.55 Å². The van der Waals surface area contributed by atoms with Crippen molar-refractivity contribution in [2.24, 2.45) is 0 Å². The molecule has 114 valence electrons. The second-order valence-corrected chi connectivity index (χ2v) is 4.80. The molecule has 6 nitrogen and oxygen atoms in total. The molecule has 0 spiro atoms. The standard InChI is InChI=1S/C17H13N3O3/c1-22-13-5-3-12(4-6-13)20-10-19-15-8-14(23-2)7-11(9-18)16(15)17(20)21/h3-8,10H,1-2H3. The molecule has 0 aliphatic heterocycles. The molecule has 0 fully saturated rings. The third kappa shape index (κ3) is 2.49. The van der Waals surface area contributed by atoms with Crippen molar-refractivity contribution in [3.63, 3.8) is 0 Å². The van der Waals surface area contributed by atoms with Gasteiger partial charge in [0, 0.05) is 6.07 Å². The molecule has 0 aliphatic rings. The van der Waals surface area contributed by atoms with Gasteiger partial charge in [-0.2, -0.15) is 5.26 Å². The van der Waals surface area contributed by atoms with E-state index in [4.69, 9.17) is 9.47 Å². The van der Waals surface area contributed by atoms with Crippen molar-refractivity contribution >= 4 is 10.9 Å². The van der Waals surface area contributed by atoms with Crippen LogP contribution in [0.4, 0.5) is 0 Å². The molecule has 0 N–H and O–H groups in total. The van der Waals surface area contributed by atoms with Crippen LogP contribution >= 0.6 is 0 Å². The summed E-state index contributed by atoms with van der Waals surface area (Å²) in [6, 6.07) is 12.2. The summed E-state index contributed by atoms with van der Waals surface area (Å²) in [6.07, 6.45) is 1.44. The average molecular weight is 307 g/mol. The smallest absolute Gasteiger partial charge is 0.267 e. The molecule has 0 unspecified atom stereocenters. The molecule has 3 rings (SSSR count). The average Bonchev–Trinajstić information content (AvgIpc) is 2.61. The topological polar surface area (TPSA) is 77.1 Å². The summed E-state index contributed by atoms with van der Waals surface area (Å²) in [4.78, 5) is 17.0. The van der Waals surface area contributed by atoms with Crippen LogP contribution in [0.15, 0.2) is 47.5 Å². The number of nitriles is 1. The van der Waals surface area contributed by atoms with E-state index < -0.39 is 0 Å². The highest BCUT2D eigenvalue weighted by Crippen LogP contribution is 2.22. The predicted octanol–water partition coefficient (Wildman–Crippen LogP) is 2.27. The number of nitrogens with zero attached hydrogens (tertiary/aromatic N) is 3. The Hall–Kier alpha value is -3.33. The minimum atomic E-state index is -0.306. The fourth-order valence-electron chi connectivity index (χ4n) is 2.35. The van der Waals surface area contributed by atoms with Crippen LogP contribution in [0, 0.1) is 11.3 Å². The van der Waals surface area contributed by atoms with Gasteiger partial charge in [-0.1, -0.05) is 0 Å². The number of ether oxygens (including phenoxy) is 2. The Morgan fingerprint density at radius 1 is 1.09 bits per heavy atom. The van der Waals surface area contributed by atoms with Crippen LogP contribution in [0.25, 0.3) is 16.6 Å². The Bertz CT molecular complexity index is 969. The maximum Gasteiger partial charge on any atom is 0.267 e. The lowest BCUT2D eigenvalue weighted by molar-refractivity contribution is 0.414. The van der Waals surface area contributed by atoms with Crippen LogP contribution in [-0.2, 0) is 0 Å². The van der Waals surface area contributed by atoms with Crippen molar-refractivity contribution < 1.29 is 9.47 Å². The summed E-state index contributed by atoms with van der Waals surface area (Å²) in [5.41, 5.74) is 1.000. The highest BCUT2D eigenvalue weighted by Gasteiger charge is 2.12. The number of methoxy groups -OCH3 is 2. The number of aromatic nitrogens is 2. The number of rotatable bonds is 3. The van der Waals surface area contributed by atoms with Crippen LogP contribution < -0.4 is 15.0 Å². The van der Waals surface area contributed by atoms with E-state index in [2.05, 4.69) is 4.98 Å².